The van der Waals surface area contributed by atoms with Crippen LogP contribution in [0.3, 0.4) is 0 Å². The molecule has 0 bridgehead atoms. The lowest BCUT2D eigenvalue weighted by atomic mass is 10.2. The van der Waals surface area contributed by atoms with Crippen LogP contribution in [0.25, 0.3) is 0 Å². The first kappa shape index (κ1) is 13.0. The number of anilines is 1. The van der Waals surface area contributed by atoms with Crippen molar-refractivity contribution in [2.75, 3.05) is 38.2 Å². The Balaban J connectivity index is 1.95. The van der Waals surface area contributed by atoms with Crippen molar-refractivity contribution in [1.29, 1.82) is 0 Å². The summed E-state index contributed by atoms with van der Waals surface area (Å²) >= 11 is 2.48. The van der Waals surface area contributed by atoms with E-state index in [1.54, 1.807) is 7.11 Å². The Hall–Kier alpha value is -0.490. The fraction of sp³-hybridized carbons (Fsp3) is 0.538. The highest BCUT2D eigenvalue weighted by molar-refractivity contribution is 14.1. The van der Waals surface area contributed by atoms with E-state index >= 15 is 0 Å². The lowest BCUT2D eigenvalue weighted by molar-refractivity contribution is 0.260. The summed E-state index contributed by atoms with van der Waals surface area (Å²) in [6.07, 6.45) is 0. The van der Waals surface area contributed by atoms with Gasteiger partial charge in [-0.3, -0.25) is 4.90 Å². The maximum absolute atomic E-state index is 5.18. The van der Waals surface area contributed by atoms with Crippen molar-refractivity contribution in [3.63, 3.8) is 0 Å². The van der Waals surface area contributed by atoms with Crippen LogP contribution in [0.15, 0.2) is 24.3 Å². The molecule has 1 atom stereocenters. The van der Waals surface area contributed by atoms with Crippen LogP contribution in [0.1, 0.15) is 6.92 Å². The summed E-state index contributed by atoms with van der Waals surface area (Å²) in [5.41, 5.74) is 1.30. The molecule has 3 nitrogen and oxygen atoms in total. The third kappa shape index (κ3) is 3.25. The van der Waals surface area contributed by atoms with Crippen LogP contribution >= 0.6 is 22.6 Å². The molecule has 2 rings (SSSR count). The average molecular weight is 346 g/mol. The number of rotatable bonds is 3. The van der Waals surface area contributed by atoms with Gasteiger partial charge in [0.1, 0.15) is 5.75 Å². The third-order valence-electron chi connectivity index (χ3n) is 3.25. The van der Waals surface area contributed by atoms with E-state index in [2.05, 4.69) is 51.4 Å². The second-order valence-electron chi connectivity index (χ2n) is 4.30. The van der Waals surface area contributed by atoms with Gasteiger partial charge >= 0.3 is 0 Å². The smallest absolute Gasteiger partial charge is 0.119 e. The summed E-state index contributed by atoms with van der Waals surface area (Å²) in [5.74, 6) is 0.924. The molecule has 17 heavy (non-hydrogen) atoms. The van der Waals surface area contributed by atoms with E-state index in [-0.39, 0.29) is 0 Å². The molecule has 1 aliphatic rings. The van der Waals surface area contributed by atoms with Gasteiger partial charge < -0.3 is 9.64 Å². The van der Waals surface area contributed by atoms with Gasteiger partial charge in [-0.05, 0) is 31.2 Å². The van der Waals surface area contributed by atoms with Gasteiger partial charge in [0.15, 0.2) is 0 Å². The lowest BCUT2D eigenvalue weighted by Crippen LogP contribution is -2.48. The molecule has 0 aliphatic carbocycles. The Bertz CT molecular complexity index is 345. The van der Waals surface area contributed by atoms with Gasteiger partial charge in [0.05, 0.1) is 11.2 Å². The van der Waals surface area contributed by atoms with Crippen molar-refractivity contribution in [1.82, 2.24) is 4.90 Å². The molecule has 0 amide bonds. The first-order chi connectivity index (χ1) is 8.20. The molecule has 0 N–H and O–H groups in total. The Morgan fingerprint density at radius 1 is 1.12 bits per heavy atom. The summed E-state index contributed by atoms with van der Waals surface area (Å²) < 4.78 is 5.81. The minimum absolute atomic E-state index is 0.630. The van der Waals surface area contributed by atoms with Crippen molar-refractivity contribution in [2.45, 2.75) is 11.0 Å². The van der Waals surface area contributed by atoms with Crippen LogP contribution < -0.4 is 9.64 Å². The number of hydrogen-bond acceptors (Lipinski definition) is 3. The monoisotopic (exact) mass is 346 g/mol. The average Bonchev–Trinajstić information content (AvgIpc) is 2.39. The normalized spacial score (nSPS) is 19.1. The van der Waals surface area contributed by atoms with Gasteiger partial charge in [-0.15, -0.1) is 0 Å². The van der Waals surface area contributed by atoms with E-state index in [4.69, 9.17) is 4.74 Å². The van der Waals surface area contributed by atoms with Crippen LogP contribution in [0, 0.1) is 0 Å². The number of hydrogen-bond donors (Lipinski definition) is 0. The molecule has 1 saturated heterocycles. The first-order valence-electron chi connectivity index (χ1n) is 5.98. The molecule has 1 aliphatic heterocycles. The van der Waals surface area contributed by atoms with E-state index in [1.807, 2.05) is 12.1 Å². The topological polar surface area (TPSA) is 15.7 Å². The van der Waals surface area contributed by atoms with E-state index in [1.165, 1.54) is 5.69 Å². The largest absolute Gasteiger partial charge is 0.497 e. The zero-order valence-electron chi connectivity index (χ0n) is 10.4. The molecule has 0 aromatic heterocycles. The molecule has 0 saturated carbocycles. The second kappa shape index (κ2) is 5.91. The Labute approximate surface area is 117 Å². The zero-order valence-corrected chi connectivity index (χ0v) is 12.6. The van der Waals surface area contributed by atoms with E-state index < -0.39 is 0 Å². The molecule has 4 heteroatoms. The Morgan fingerprint density at radius 2 is 1.71 bits per heavy atom. The van der Waals surface area contributed by atoms with Crippen LogP contribution in [0.2, 0.25) is 0 Å². The SMILES string of the molecule is COc1ccc(N2CCN([C@H](C)I)CC2)cc1. The van der Waals surface area contributed by atoms with Crippen molar-refractivity contribution in [3.8, 4) is 5.75 Å². The van der Waals surface area contributed by atoms with Crippen molar-refractivity contribution in [3.05, 3.63) is 24.3 Å². The summed E-state index contributed by atoms with van der Waals surface area (Å²) in [7, 11) is 1.70. The van der Waals surface area contributed by atoms with Crippen molar-refractivity contribution < 1.29 is 4.74 Å². The standard InChI is InChI=1S/C13H19IN2O/c1-11(14)15-7-9-16(10-8-15)12-3-5-13(17-2)6-4-12/h3-6,11H,7-10H2,1-2H3/t11-/m1/s1. The molecular formula is C13H19IN2O. The van der Waals surface area contributed by atoms with Crippen molar-refractivity contribution in [2.24, 2.45) is 0 Å². The molecule has 1 fully saturated rings. The van der Waals surface area contributed by atoms with E-state index in [9.17, 15) is 0 Å². The van der Waals surface area contributed by atoms with Crippen LogP contribution in [0.5, 0.6) is 5.75 Å². The number of benzene rings is 1. The molecule has 94 valence electrons. The van der Waals surface area contributed by atoms with Crippen LogP contribution in [-0.2, 0) is 0 Å². The van der Waals surface area contributed by atoms with E-state index in [0.717, 1.165) is 31.9 Å². The van der Waals surface area contributed by atoms with Gasteiger partial charge in [0.2, 0.25) is 0 Å². The highest BCUT2D eigenvalue weighted by atomic mass is 127. The predicted molar refractivity (Wildman–Crippen MR) is 80.3 cm³/mol. The molecule has 0 radical (unpaired) electrons. The fourth-order valence-corrected chi connectivity index (χ4v) is 2.69. The number of piperazine rings is 1. The van der Waals surface area contributed by atoms with Crippen LogP contribution in [0.4, 0.5) is 5.69 Å². The number of methoxy groups -OCH3 is 1. The van der Waals surface area contributed by atoms with Gasteiger partial charge in [-0.2, -0.15) is 0 Å². The minimum Gasteiger partial charge on any atom is -0.497 e. The quantitative estimate of drug-likeness (QED) is 0.475. The van der Waals surface area contributed by atoms with Gasteiger partial charge in [0, 0.05) is 31.9 Å². The molecule has 1 aromatic carbocycles. The minimum atomic E-state index is 0.630. The number of nitrogens with zero attached hydrogens (tertiary/aromatic N) is 2. The van der Waals surface area contributed by atoms with Gasteiger partial charge in [-0.1, -0.05) is 22.6 Å². The molecule has 0 spiro atoms. The maximum atomic E-state index is 5.18. The molecule has 1 aromatic rings. The third-order valence-corrected chi connectivity index (χ3v) is 4.04. The zero-order chi connectivity index (χ0) is 12.3. The first-order valence-corrected chi connectivity index (χ1v) is 7.22. The van der Waals surface area contributed by atoms with Gasteiger partial charge in [0.25, 0.3) is 0 Å². The Morgan fingerprint density at radius 3 is 2.18 bits per heavy atom. The van der Waals surface area contributed by atoms with E-state index in [0.29, 0.717) is 4.05 Å². The van der Waals surface area contributed by atoms with Gasteiger partial charge in [-0.25, -0.2) is 0 Å². The molecule has 0 unspecified atom stereocenters. The Kier molecular flexibility index (Phi) is 4.50. The predicted octanol–water partition coefficient (Wildman–Crippen LogP) is 2.60. The number of alkyl halides is 1. The number of ether oxygens (including phenoxy) is 1. The maximum Gasteiger partial charge on any atom is 0.119 e. The molecule has 1 heterocycles. The highest BCUT2D eigenvalue weighted by Gasteiger charge is 2.19. The summed E-state index contributed by atoms with van der Waals surface area (Å²) in [5, 5.41) is 0. The highest BCUT2D eigenvalue weighted by Crippen LogP contribution is 2.21. The molecular weight excluding hydrogens is 327 g/mol. The summed E-state index contributed by atoms with van der Waals surface area (Å²) in [4.78, 5) is 4.95. The van der Waals surface area contributed by atoms with Crippen LogP contribution in [-0.4, -0.2) is 42.2 Å². The summed E-state index contributed by atoms with van der Waals surface area (Å²) in [6.45, 7) is 6.77. The lowest BCUT2D eigenvalue weighted by Gasteiger charge is -2.37. The number of halogens is 1. The van der Waals surface area contributed by atoms with Crippen molar-refractivity contribution >= 4 is 28.3 Å². The summed E-state index contributed by atoms with van der Waals surface area (Å²) in [6, 6.07) is 8.34. The fourth-order valence-electron chi connectivity index (χ4n) is 2.13. The second-order valence-corrected chi connectivity index (χ2v) is 6.10.